The van der Waals surface area contributed by atoms with E-state index in [2.05, 4.69) is 30.9 Å². The van der Waals surface area contributed by atoms with Crippen LogP contribution in [0.4, 0.5) is 0 Å². The maximum atomic E-state index is 12.3. The fourth-order valence-corrected chi connectivity index (χ4v) is 2.89. The Kier molecular flexibility index (Phi) is 7.49. The molecule has 0 bridgehead atoms. The first kappa shape index (κ1) is 22.0. The van der Waals surface area contributed by atoms with Crippen molar-refractivity contribution < 1.29 is 9.59 Å². The van der Waals surface area contributed by atoms with Gasteiger partial charge in [0, 0.05) is 13.1 Å². The molecule has 2 amide bonds. The summed E-state index contributed by atoms with van der Waals surface area (Å²) in [5.74, 6) is -0.975. The molecule has 1 aliphatic rings. The lowest BCUT2D eigenvalue weighted by Crippen LogP contribution is -2.28. The molecule has 1 aromatic heterocycles. The molecule has 160 valence electrons. The number of benzene rings is 1. The Labute approximate surface area is 184 Å². The van der Waals surface area contributed by atoms with Gasteiger partial charge < -0.3 is 20.9 Å². The fraction of sp³-hybridized carbons (Fsp3) is 0.182. The van der Waals surface area contributed by atoms with Gasteiger partial charge >= 0.3 is 0 Å². The van der Waals surface area contributed by atoms with Gasteiger partial charge in [0.15, 0.2) is 0 Å². The zero-order valence-corrected chi connectivity index (χ0v) is 17.0. The zero-order valence-electron chi connectivity index (χ0n) is 17.0. The van der Waals surface area contributed by atoms with E-state index in [1.807, 2.05) is 30.3 Å². The van der Waals surface area contributed by atoms with Gasteiger partial charge in [-0.2, -0.15) is 10.5 Å². The minimum Gasteiger partial charge on any atom is -0.368 e. The second-order valence-corrected chi connectivity index (χ2v) is 6.82. The molecule has 0 radical (unpaired) electrons. The van der Waals surface area contributed by atoms with Crippen LogP contribution in [0.5, 0.6) is 0 Å². The lowest BCUT2D eigenvalue weighted by molar-refractivity contribution is -0.118. The molecule has 2 aromatic rings. The monoisotopic (exact) mass is 428 g/mol. The van der Waals surface area contributed by atoms with Crippen LogP contribution in [0.1, 0.15) is 16.8 Å². The predicted molar refractivity (Wildman–Crippen MR) is 116 cm³/mol. The molecule has 0 saturated carbocycles. The van der Waals surface area contributed by atoms with E-state index < -0.39 is 11.8 Å². The standard InChI is InChI=1S/C22H20N8O2/c23-7-17(5-19-11-25-13-29-19)21(31)27-9-15-2-1-3-16(4-15)10-28-22(32)18(8-24)6-20-12-26-14-30-20/h1-6,11,13-14,20H,9-10,12H2,(H,25,29)(H,26,30)(H,27,31)(H,28,32)/b17-5-,18-6-. The summed E-state index contributed by atoms with van der Waals surface area (Å²) in [6.07, 6.45) is 7.48. The minimum atomic E-state index is -0.505. The van der Waals surface area contributed by atoms with E-state index in [9.17, 15) is 20.1 Å². The first-order valence-corrected chi connectivity index (χ1v) is 9.69. The molecule has 0 saturated heterocycles. The Hall–Kier alpha value is -4.70. The average molecular weight is 428 g/mol. The van der Waals surface area contributed by atoms with Gasteiger partial charge in [-0.05, 0) is 23.3 Å². The van der Waals surface area contributed by atoms with Crippen molar-refractivity contribution in [3.05, 3.63) is 70.8 Å². The summed E-state index contributed by atoms with van der Waals surface area (Å²) in [6.45, 7) is 0.910. The van der Waals surface area contributed by atoms with Gasteiger partial charge in [0.2, 0.25) is 0 Å². The quantitative estimate of drug-likeness (QED) is 0.358. The molecular weight excluding hydrogens is 408 g/mol. The Morgan fingerprint density at radius 2 is 1.81 bits per heavy atom. The van der Waals surface area contributed by atoms with Crippen LogP contribution in [0, 0.1) is 22.7 Å². The highest BCUT2D eigenvalue weighted by Gasteiger charge is 2.14. The number of aromatic amines is 1. The Morgan fingerprint density at radius 1 is 1.12 bits per heavy atom. The zero-order chi connectivity index (χ0) is 22.8. The molecule has 2 heterocycles. The number of aromatic nitrogens is 2. The second kappa shape index (κ2) is 10.9. The molecular formula is C22H20N8O2. The SMILES string of the molecule is N#C/C(=C/c1cnc[nH]1)C(=O)NCc1cccc(CNC(=O)/C(C#N)=C\C2CN=CN2)c1. The number of H-pyrrole nitrogens is 1. The third-order valence-corrected chi connectivity index (χ3v) is 4.50. The van der Waals surface area contributed by atoms with E-state index in [4.69, 9.17) is 0 Å². The molecule has 4 N–H and O–H groups in total. The summed E-state index contributed by atoms with van der Waals surface area (Å²) in [5.41, 5.74) is 2.13. The van der Waals surface area contributed by atoms with Crippen LogP contribution >= 0.6 is 0 Å². The van der Waals surface area contributed by atoms with E-state index in [0.717, 1.165) is 11.1 Å². The lowest BCUT2D eigenvalue weighted by atomic mass is 10.1. The number of aliphatic imine (C=N–C) groups is 1. The largest absolute Gasteiger partial charge is 0.368 e. The third-order valence-electron chi connectivity index (χ3n) is 4.50. The third kappa shape index (κ3) is 6.15. The van der Waals surface area contributed by atoms with Crippen LogP contribution in [0.2, 0.25) is 0 Å². The molecule has 32 heavy (non-hydrogen) atoms. The number of rotatable bonds is 8. The van der Waals surface area contributed by atoms with Gasteiger partial charge in [-0.25, -0.2) is 4.98 Å². The Balaban J connectivity index is 1.55. The number of nitrogens with one attached hydrogen (secondary N) is 4. The molecule has 1 aliphatic heterocycles. The van der Waals surface area contributed by atoms with Crippen molar-refractivity contribution in [1.29, 1.82) is 10.5 Å². The average Bonchev–Trinajstić information content (AvgIpc) is 3.52. The van der Waals surface area contributed by atoms with Crippen molar-refractivity contribution in [3.8, 4) is 12.1 Å². The molecule has 0 fully saturated rings. The molecule has 3 rings (SSSR count). The molecule has 10 nitrogen and oxygen atoms in total. The summed E-state index contributed by atoms with van der Waals surface area (Å²) >= 11 is 0. The van der Waals surface area contributed by atoms with Crippen LogP contribution in [0.25, 0.3) is 6.08 Å². The van der Waals surface area contributed by atoms with E-state index in [0.29, 0.717) is 12.2 Å². The fourth-order valence-electron chi connectivity index (χ4n) is 2.89. The number of carbonyl (C=O) groups excluding carboxylic acids is 2. The van der Waals surface area contributed by atoms with Gasteiger partial charge in [-0.1, -0.05) is 24.3 Å². The summed E-state index contributed by atoms with van der Waals surface area (Å²) in [6, 6.07) is 10.9. The van der Waals surface area contributed by atoms with Gasteiger partial charge in [-0.15, -0.1) is 0 Å². The molecule has 10 heteroatoms. The molecule has 1 atom stereocenters. The molecule has 1 aromatic carbocycles. The second-order valence-electron chi connectivity index (χ2n) is 6.82. The van der Waals surface area contributed by atoms with Crippen LogP contribution in [0.15, 0.2) is 59.0 Å². The number of carbonyl (C=O) groups is 2. The topological polar surface area (TPSA) is 159 Å². The number of amides is 2. The van der Waals surface area contributed by atoms with Crippen molar-refractivity contribution in [2.24, 2.45) is 4.99 Å². The van der Waals surface area contributed by atoms with Crippen molar-refractivity contribution >= 4 is 24.2 Å². The van der Waals surface area contributed by atoms with E-state index in [-0.39, 0.29) is 30.3 Å². The first-order valence-electron chi connectivity index (χ1n) is 9.69. The number of hydrogen-bond acceptors (Lipinski definition) is 7. The summed E-state index contributed by atoms with van der Waals surface area (Å²) in [7, 11) is 0. The summed E-state index contributed by atoms with van der Waals surface area (Å²) < 4.78 is 0. The van der Waals surface area contributed by atoms with Gasteiger partial charge in [0.05, 0.1) is 37.1 Å². The van der Waals surface area contributed by atoms with Crippen LogP contribution in [0.3, 0.4) is 0 Å². The Morgan fingerprint density at radius 3 is 2.38 bits per heavy atom. The van der Waals surface area contributed by atoms with Crippen molar-refractivity contribution in [3.63, 3.8) is 0 Å². The van der Waals surface area contributed by atoms with Crippen LogP contribution in [-0.4, -0.2) is 40.7 Å². The number of imidazole rings is 1. The number of hydrogen-bond donors (Lipinski definition) is 4. The summed E-state index contributed by atoms with van der Waals surface area (Å²) in [5, 5.41) is 26.8. The number of nitriles is 2. The Bertz CT molecular complexity index is 1140. The van der Waals surface area contributed by atoms with Crippen molar-refractivity contribution in [1.82, 2.24) is 25.9 Å². The number of nitrogens with zero attached hydrogens (tertiary/aromatic N) is 4. The first-order chi connectivity index (χ1) is 15.6. The molecule has 0 spiro atoms. The molecule has 0 aliphatic carbocycles. The highest BCUT2D eigenvalue weighted by atomic mass is 16.2. The van der Waals surface area contributed by atoms with Gasteiger partial charge in [-0.3, -0.25) is 14.6 Å². The van der Waals surface area contributed by atoms with Gasteiger partial charge in [0.1, 0.15) is 23.3 Å². The van der Waals surface area contributed by atoms with Crippen molar-refractivity contribution in [2.45, 2.75) is 19.1 Å². The lowest BCUT2D eigenvalue weighted by Gasteiger charge is -2.09. The highest BCUT2D eigenvalue weighted by Crippen LogP contribution is 2.08. The minimum absolute atomic E-state index is 0.0181. The van der Waals surface area contributed by atoms with Gasteiger partial charge in [0.25, 0.3) is 11.8 Å². The highest BCUT2D eigenvalue weighted by molar-refractivity contribution is 6.01. The van der Waals surface area contributed by atoms with Crippen LogP contribution in [-0.2, 0) is 22.7 Å². The maximum absolute atomic E-state index is 12.3. The van der Waals surface area contributed by atoms with Crippen molar-refractivity contribution in [2.75, 3.05) is 6.54 Å². The molecule has 1 unspecified atom stereocenters. The smallest absolute Gasteiger partial charge is 0.262 e. The van der Waals surface area contributed by atoms with E-state index >= 15 is 0 Å². The van der Waals surface area contributed by atoms with E-state index in [1.165, 1.54) is 18.6 Å². The van der Waals surface area contributed by atoms with E-state index in [1.54, 1.807) is 18.5 Å². The predicted octanol–water partition coefficient (Wildman–Crippen LogP) is 0.699. The maximum Gasteiger partial charge on any atom is 0.262 e. The summed E-state index contributed by atoms with van der Waals surface area (Å²) in [4.78, 5) is 35.2. The normalized spacial score (nSPS) is 15.4. The van der Waals surface area contributed by atoms with Crippen LogP contribution < -0.4 is 16.0 Å².